The van der Waals surface area contributed by atoms with E-state index in [9.17, 15) is 45.6 Å². The van der Waals surface area contributed by atoms with Gasteiger partial charge in [-0.1, -0.05) is 267 Å². The molecular weight excluding hydrogens is 1040 g/mol. The Bertz CT molecular complexity index is 1610. The summed E-state index contributed by atoms with van der Waals surface area (Å²) in [5.41, 5.74) is 0. The molecule has 2 fully saturated rings. The summed E-state index contributed by atoms with van der Waals surface area (Å²) in [6, 6.07) is -0.851. The molecular formula is C68H123NO13. The van der Waals surface area contributed by atoms with Crippen molar-refractivity contribution in [2.24, 2.45) is 0 Å². The third-order valence-corrected chi connectivity index (χ3v) is 16.2. The summed E-state index contributed by atoms with van der Waals surface area (Å²) >= 11 is 0. The van der Waals surface area contributed by atoms with Crippen LogP contribution in [-0.2, 0) is 23.7 Å². The van der Waals surface area contributed by atoms with E-state index in [2.05, 4.69) is 79.9 Å². The zero-order valence-electron chi connectivity index (χ0n) is 51.7. The predicted molar refractivity (Wildman–Crippen MR) is 332 cm³/mol. The molecule has 9 N–H and O–H groups in total. The minimum Gasteiger partial charge on any atom is -0.394 e. The molecule has 0 aromatic heterocycles. The quantitative estimate of drug-likeness (QED) is 0.0204. The van der Waals surface area contributed by atoms with Gasteiger partial charge in [0, 0.05) is 6.42 Å². The van der Waals surface area contributed by atoms with Crippen LogP contribution in [-0.4, -0.2) is 140 Å². The van der Waals surface area contributed by atoms with Gasteiger partial charge in [0.1, 0.15) is 48.8 Å². The molecule has 2 rings (SSSR count). The molecule has 12 atom stereocenters. The molecule has 0 saturated carbocycles. The number of carbonyl (C=O) groups excluding carboxylic acids is 1. The topological polar surface area (TPSA) is 228 Å². The van der Waals surface area contributed by atoms with Crippen LogP contribution in [0.5, 0.6) is 0 Å². The molecule has 2 saturated heterocycles. The van der Waals surface area contributed by atoms with Crippen molar-refractivity contribution in [2.75, 3.05) is 19.8 Å². The molecule has 1 amide bonds. The van der Waals surface area contributed by atoms with Crippen LogP contribution in [0.1, 0.15) is 271 Å². The van der Waals surface area contributed by atoms with Crippen LogP contribution in [0.3, 0.4) is 0 Å². The number of aliphatic hydroxyl groups excluding tert-OH is 8. The van der Waals surface area contributed by atoms with Crippen molar-refractivity contribution in [3.05, 3.63) is 60.8 Å². The fraction of sp³-hybridized carbons (Fsp3) is 0.838. The van der Waals surface area contributed by atoms with E-state index in [1.807, 2.05) is 0 Å². The van der Waals surface area contributed by atoms with Gasteiger partial charge in [-0.3, -0.25) is 4.79 Å². The standard InChI is InChI=1S/C68H123NO13/c1-3-5-7-9-11-13-15-17-19-21-23-24-25-26-27-28-29-30-31-32-34-35-37-39-41-43-45-47-49-51-57(72)56(69-60(73)52-50-48-46-44-42-40-38-36-33-22-20-18-16-14-12-10-8-6-4-2)55-79-67-65(78)63(76)66(59(54-71)81-67)82-68-64(77)62(75)61(74)58(53-70)80-68/h6,8,12,14,18,20,33,36,40,42,56-59,61-68,70-72,74-78H,3-5,7,9-11,13,15-17,19,21-32,34-35,37-39,41,43-55H2,1-2H3,(H,69,73)/b8-6-,14-12-,20-18-,36-33-,42-40-. The maximum absolute atomic E-state index is 13.3. The van der Waals surface area contributed by atoms with Crippen LogP contribution in [0, 0.1) is 0 Å². The highest BCUT2D eigenvalue weighted by atomic mass is 16.7. The average molecular weight is 1160 g/mol. The molecule has 0 aromatic carbocycles. The van der Waals surface area contributed by atoms with Gasteiger partial charge < -0.3 is 65.1 Å². The van der Waals surface area contributed by atoms with Crippen LogP contribution in [0.2, 0.25) is 0 Å². The van der Waals surface area contributed by atoms with Crippen molar-refractivity contribution < 1.29 is 64.6 Å². The Balaban J connectivity index is 1.69. The summed E-state index contributed by atoms with van der Waals surface area (Å²) in [5.74, 6) is -0.237. The molecule has 2 aliphatic heterocycles. The van der Waals surface area contributed by atoms with E-state index in [1.165, 1.54) is 161 Å². The Morgan fingerprint density at radius 1 is 0.451 bits per heavy atom. The van der Waals surface area contributed by atoms with Gasteiger partial charge in [0.2, 0.25) is 5.91 Å². The fourth-order valence-electron chi connectivity index (χ4n) is 10.9. The summed E-state index contributed by atoms with van der Waals surface area (Å²) < 4.78 is 22.9. The lowest BCUT2D eigenvalue weighted by Gasteiger charge is -2.46. The van der Waals surface area contributed by atoms with Crippen molar-refractivity contribution in [1.29, 1.82) is 0 Å². The van der Waals surface area contributed by atoms with Gasteiger partial charge in [-0.25, -0.2) is 0 Å². The smallest absolute Gasteiger partial charge is 0.220 e. The highest BCUT2D eigenvalue weighted by Gasteiger charge is 2.51. The minimum absolute atomic E-state index is 0.237. The third kappa shape index (κ3) is 37.3. The molecule has 0 bridgehead atoms. The molecule has 14 heteroatoms. The van der Waals surface area contributed by atoms with Gasteiger partial charge >= 0.3 is 0 Å². The lowest BCUT2D eigenvalue weighted by Crippen LogP contribution is -2.65. The Morgan fingerprint density at radius 3 is 1.28 bits per heavy atom. The molecule has 2 aliphatic rings. The highest BCUT2D eigenvalue weighted by Crippen LogP contribution is 2.30. The number of ether oxygens (including phenoxy) is 4. The lowest BCUT2D eigenvalue weighted by molar-refractivity contribution is -0.359. The summed E-state index contributed by atoms with van der Waals surface area (Å²) in [7, 11) is 0. The first-order valence-electron chi connectivity index (χ1n) is 33.5. The zero-order chi connectivity index (χ0) is 59.5. The third-order valence-electron chi connectivity index (χ3n) is 16.2. The first-order chi connectivity index (χ1) is 40.1. The number of aliphatic hydroxyl groups is 8. The van der Waals surface area contributed by atoms with Gasteiger partial charge in [-0.05, 0) is 57.8 Å². The van der Waals surface area contributed by atoms with Crippen LogP contribution < -0.4 is 5.32 Å². The number of hydrogen-bond donors (Lipinski definition) is 9. The number of unbranched alkanes of at least 4 members (excludes halogenated alkanes) is 31. The van der Waals surface area contributed by atoms with Gasteiger partial charge in [0.05, 0.1) is 32.0 Å². The number of allylic oxidation sites excluding steroid dienone is 10. The first-order valence-corrected chi connectivity index (χ1v) is 33.5. The molecule has 82 heavy (non-hydrogen) atoms. The summed E-state index contributed by atoms with van der Waals surface area (Å²) in [5, 5.41) is 87.5. The van der Waals surface area contributed by atoms with Crippen molar-refractivity contribution >= 4 is 5.91 Å². The van der Waals surface area contributed by atoms with Crippen LogP contribution in [0.25, 0.3) is 0 Å². The molecule has 0 radical (unpaired) electrons. The number of nitrogens with one attached hydrogen (secondary N) is 1. The fourth-order valence-corrected chi connectivity index (χ4v) is 10.9. The Morgan fingerprint density at radius 2 is 0.841 bits per heavy atom. The predicted octanol–water partition coefficient (Wildman–Crippen LogP) is 12.9. The Kier molecular flexibility index (Phi) is 49.0. The van der Waals surface area contributed by atoms with Crippen molar-refractivity contribution in [1.82, 2.24) is 5.32 Å². The van der Waals surface area contributed by atoms with E-state index in [0.29, 0.717) is 12.8 Å². The molecule has 478 valence electrons. The molecule has 12 unspecified atom stereocenters. The minimum atomic E-state index is -1.79. The van der Waals surface area contributed by atoms with E-state index >= 15 is 0 Å². The molecule has 0 aromatic rings. The monoisotopic (exact) mass is 1160 g/mol. The summed E-state index contributed by atoms with van der Waals surface area (Å²) in [6.45, 7) is 2.75. The molecule has 14 nitrogen and oxygen atoms in total. The van der Waals surface area contributed by atoms with E-state index < -0.39 is 86.8 Å². The second-order valence-electron chi connectivity index (χ2n) is 23.6. The van der Waals surface area contributed by atoms with Gasteiger partial charge in [0.25, 0.3) is 0 Å². The number of hydrogen-bond acceptors (Lipinski definition) is 13. The van der Waals surface area contributed by atoms with E-state index in [1.54, 1.807) is 0 Å². The summed E-state index contributed by atoms with van der Waals surface area (Å²) in [6.07, 6.45) is 52.4. The first kappa shape index (κ1) is 75.8. The number of amides is 1. The molecule has 0 spiro atoms. The Hall–Kier alpha value is -2.31. The summed E-state index contributed by atoms with van der Waals surface area (Å²) in [4.78, 5) is 13.3. The molecule has 0 aliphatic carbocycles. The maximum Gasteiger partial charge on any atom is 0.220 e. The largest absolute Gasteiger partial charge is 0.394 e. The van der Waals surface area contributed by atoms with E-state index in [4.69, 9.17) is 18.9 Å². The van der Waals surface area contributed by atoms with Gasteiger partial charge in [-0.15, -0.1) is 0 Å². The van der Waals surface area contributed by atoms with Gasteiger partial charge in [0.15, 0.2) is 12.6 Å². The van der Waals surface area contributed by atoms with Crippen molar-refractivity contribution in [3.8, 4) is 0 Å². The second-order valence-corrected chi connectivity index (χ2v) is 23.6. The second kappa shape index (κ2) is 53.0. The van der Waals surface area contributed by atoms with Crippen molar-refractivity contribution in [2.45, 2.75) is 344 Å². The highest BCUT2D eigenvalue weighted by molar-refractivity contribution is 5.76. The molecule has 2 heterocycles. The maximum atomic E-state index is 13.3. The normalized spacial score (nSPS) is 24.3. The number of carbonyl (C=O) groups is 1. The zero-order valence-corrected chi connectivity index (χ0v) is 51.7. The van der Waals surface area contributed by atoms with Crippen LogP contribution in [0.15, 0.2) is 60.8 Å². The number of rotatable bonds is 54. The van der Waals surface area contributed by atoms with Crippen LogP contribution in [0.4, 0.5) is 0 Å². The average Bonchev–Trinajstić information content (AvgIpc) is 3.67. The lowest BCUT2D eigenvalue weighted by atomic mass is 9.97. The van der Waals surface area contributed by atoms with Crippen molar-refractivity contribution in [3.63, 3.8) is 0 Å². The van der Waals surface area contributed by atoms with E-state index in [-0.39, 0.29) is 18.9 Å². The SMILES string of the molecule is CC/C=C\C/C=C\C/C=C\C/C=C\C/C=C\CCCCCC(=O)NC(COC1OC(CO)C(OC2OC(CO)C(O)C(O)C2O)C(O)C1O)C(O)CCCCCCCCCCCCCCCCCCCCCCCCCCCCCCC. The van der Waals surface area contributed by atoms with E-state index in [0.717, 1.165) is 77.0 Å². The van der Waals surface area contributed by atoms with Gasteiger partial charge in [-0.2, -0.15) is 0 Å². The van der Waals surface area contributed by atoms with Crippen LogP contribution >= 0.6 is 0 Å². The Labute approximate surface area is 498 Å².